The van der Waals surface area contributed by atoms with Crippen LogP contribution in [0, 0.1) is 5.82 Å². The number of aliphatic hydroxyl groups excluding tert-OH is 1. The van der Waals surface area contributed by atoms with E-state index >= 15 is 0 Å². The Balaban J connectivity index is 0.00000220. The average molecular weight is 345 g/mol. The fraction of sp³-hybridized carbons (Fsp3) is 0.538. The number of aliphatic hydroxyl groups is 1. The second-order valence-corrected chi connectivity index (χ2v) is 5.21. The number of nitrogens with one attached hydrogen (secondary N) is 1. The van der Waals surface area contributed by atoms with Crippen LogP contribution in [0.15, 0.2) is 18.2 Å². The lowest BCUT2D eigenvalue weighted by molar-refractivity contribution is -0.119. The molecule has 8 heteroatoms. The molecule has 1 aliphatic heterocycles. The second kappa shape index (κ2) is 7.65. The van der Waals surface area contributed by atoms with Crippen LogP contribution in [0.5, 0.6) is 0 Å². The first-order chi connectivity index (χ1) is 9.45. The normalized spacial score (nSPS) is 18.1. The van der Waals surface area contributed by atoms with Crippen molar-refractivity contribution in [2.45, 2.75) is 12.0 Å². The van der Waals surface area contributed by atoms with E-state index in [0.29, 0.717) is 26.2 Å². The Bertz CT molecular complexity index is 471. The lowest BCUT2D eigenvalue weighted by Gasteiger charge is -2.38. The molecule has 2 N–H and O–H groups in total. The molecule has 1 fully saturated rings. The van der Waals surface area contributed by atoms with Gasteiger partial charge in [0.2, 0.25) is 0 Å². The van der Waals surface area contributed by atoms with Gasteiger partial charge < -0.3 is 10.4 Å². The van der Waals surface area contributed by atoms with Gasteiger partial charge in [-0.05, 0) is 18.2 Å². The summed E-state index contributed by atoms with van der Waals surface area (Å²) in [6.07, 6.45) is 0. The molecule has 1 aromatic carbocycles. The monoisotopic (exact) mass is 344 g/mol. The van der Waals surface area contributed by atoms with Crippen LogP contribution in [0.4, 0.5) is 13.2 Å². The van der Waals surface area contributed by atoms with Crippen LogP contribution >= 0.6 is 24.0 Å². The zero-order valence-corrected chi connectivity index (χ0v) is 12.7. The van der Waals surface area contributed by atoms with Crippen molar-refractivity contribution in [3.63, 3.8) is 0 Å². The van der Waals surface area contributed by atoms with Crippen molar-refractivity contribution in [3.8, 4) is 0 Å². The number of alkyl halides is 2. The highest BCUT2D eigenvalue weighted by Gasteiger charge is 2.45. The summed E-state index contributed by atoms with van der Waals surface area (Å²) in [6, 6.07) is 2.06. The number of halogens is 5. The third-order valence-electron chi connectivity index (χ3n) is 3.38. The molecule has 3 nitrogen and oxygen atoms in total. The Morgan fingerprint density at radius 1 is 1.33 bits per heavy atom. The minimum atomic E-state index is -3.44. The van der Waals surface area contributed by atoms with Gasteiger partial charge in [0.1, 0.15) is 18.5 Å². The predicted molar refractivity (Wildman–Crippen MR) is 77.9 cm³/mol. The smallest absolute Gasteiger partial charge is 0.290 e. The number of nitrogens with zero attached hydrogens (tertiary/aromatic N) is 1. The molecule has 0 bridgehead atoms. The van der Waals surface area contributed by atoms with Crippen molar-refractivity contribution >= 4 is 24.0 Å². The maximum absolute atomic E-state index is 14.1. The van der Waals surface area contributed by atoms with Crippen LogP contribution in [0.3, 0.4) is 0 Å². The van der Waals surface area contributed by atoms with E-state index in [1.54, 1.807) is 0 Å². The summed E-state index contributed by atoms with van der Waals surface area (Å²) < 4.78 is 42.1. The molecule has 0 saturated carbocycles. The van der Waals surface area contributed by atoms with E-state index in [4.69, 9.17) is 16.7 Å². The van der Waals surface area contributed by atoms with Gasteiger partial charge in [0.25, 0.3) is 5.92 Å². The minimum absolute atomic E-state index is 0. The van der Waals surface area contributed by atoms with Gasteiger partial charge in [-0.25, -0.2) is 13.2 Å². The summed E-state index contributed by atoms with van der Waals surface area (Å²) in [4.78, 5) is 1.47. The van der Waals surface area contributed by atoms with Crippen LogP contribution in [0.25, 0.3) is 0 Å². The first kappa shape index (κ1) is 18.5. The van der Waals surface area contributed by atoms with Gasteiger partial charge in [0.15, 0.2) is 0 Å². The summed E-state index contributed by atoms with van der Waals surface area (Å²) in [5, 5.41) is 12.2. The molecule has 2 rings (SSSR count). The Kier molecular flexibility index (Phi) is 6.74. The lowest BCUT2D eigenvalue weighted by Crippen LogP contribution is -2.51. The van der Waals surface area contributed by atoms with Gasteiger partial charge in [-0.1, -0.05) is 11.6 Å². The summed E-state index contributed by atoms with van der Waals surface area (Å²) >= 11 is 5.79. The number of piperazine rings is 1. The molecule has 1 atom stereocenters. The van der Waals surface area contributed by atoms with Crippen LogP contribution in [0.2, 0.25) is 5.02 Å². The molecule has 0 amide bonds. The van der Waals surface area contributed by atoms with Crippen LogP contribution in [0.1, 0.15) is 11.6 Å². The molecule has 21 heavy (non-hydrogen) atoms. The van der Waals surface area contributed by atoms with E-state index in [1.165, 1.54) is 17.0 Å². The molecule has 1 aromatic rings. The summed E-state index contributed by atoms with van der Waals surface area (Å²) in [6.45, 7) is 0.451. The van der Waals surface area contributed by atoms with Crippen molar-refractivity contribution in [1.29, 1.82) is 0 Å². The van der Waals surface area contributed by atoms with E-state index in [2.05, 4.69) is 5.32 Å². The van der Waals surface area contributed by atoms with Crippen molar-refractivity contribution in [3.05, 3.63) is 34.6 Å². The van der Waals surface area contributed by atoms with Crippen LogP contribution in [-0.2, 0) is 0 Å². The Morgan fingerprint density at radius 3 is 2.52 bits per heavy atom. The maximum atomic E-state index is 14.1. The van der Waals surface area contributed by atoms with Gasteiger partial charge >= 0.3 is 0 Å². The van der Waals surface area contributed by atoms with Crippen LogP contribution in [-0.4, -0.2) is 48.7 Å². The number of benzene rings is 1. The molecule has 1 saturated heterocycles. The molecule has 0 aromatic heterocycles. The predicted octanol–water partition coefficient (Wildman–Crippen LogP) is 2.47. The number of hydrogen-bond acceptors (Lipinski definition) is 3. The average Bonchev–Trinajstić information content (AvgIpc) is 2.44. The first-order valence-electron chi connectivity index (χ1n) is 6.34. The highest BCUT2D eigenvalue weighted by molar-refractivity contribution is 6.30. The van der Waals surface area contributed by atoms with Gasteiger partial charge in [-0.2, -0.15) is 0 Å². The molecule has 0 aliphatic carbocycles. The fourth-order valence-corrected chi connectivity index (χ4v) is 2.62. The van der Waals surface area contributed by atoms with Crippen molar-refractivity contribution in [2.75, 3.05) is 32.8 Å². The molecule has 0 unspecified atom stereocenters. The van der Waals surface area contributed by atoms with Gasteiger partial charge in [0.05, 0.1) is 0 Å². The van der Waals surface area contributed by atoms with E-state index in [9.17, 15) is 13.2 Å². The van der Waals surface area contributed by atoms with Crippen molar-refractivity contribution in [2.24, 2.45) is 0 Å². The maximum Gasteiger partial charge on any atom is 0.290 e. The zero-order valence-electron chi connectivity index (χ0n) is 11.2. The second-order valence-electron chi connectivity index (χ2n) is 4.77. The SMILES string of the molecule is Cl.OCC(F)(F)[C@H](c1cc(Cl)ccc1F)N1CCNCC1. The lowest BCUT2D eigenvalue weighted by atomic mass is 9.97. The standard InChI is InChI=1S/C13H16ClF3N2O.ClH/c14-9-1-2-11(15)10(7-9)12(13(16,17)8-20)19-5-3-18-4-6-19;/h1-2,7,12,18,20H,3-6,8H2;1H/t12-;/m0./s1. The largest absolute Gasteiger partial charge is 0.390 e. The third-order valence-corrected chi connectivity index (χ3v) is 3.62. The van der Waals surface area contributed by atoms with Gasteiger partial charge in [-0.3, -0.25) is 4.90 Å². The minimum Gasteiger partial charge on any atom is -0.390 e. The molecule has 1 aliphatic rings. The van der Waals surface area contributed by atoms with E-state index < -0.39 is 24.4 Å². The Morgan fingerprint density at radius 2 is 1.95 bits per heavy atom. The Hall–Kier alpha value is -0.530. The number of hydrogen-bond donors (Lipinski definition) is 2. The zero-order chi connectivity index (χ0) is 14.8. The third kappa shape index (κ3) is 4.23. The quantitative estimate of drug-likeness (QED) is 0.880. The van der Waals surface area contributed by atoms with Gasteiger partial charge in [0, 0.05) is 36.8 Å². The van der Waals surface area contributed by atoms with E-state index in [-0.39, 0.29) is 23.0 Å². The first-order valence-corrected chi connectivity index (χ1v) is 6.72. The van der Waals surface area contributed by atoms with Crippen LogP contribution < -0.4 is 5.32 Å². The highest BCUT2D eigenvalue weighted by atomic mass is 35.5. The molecular weight excluding hydrogens is 328 g/mol. The summed E-state index contributed by atoms with van der Waals surface area (Å²) in [7, 11) is 0. The molecule has 1 heterocycles. The highest BCUT2D eigenvalue weighted by Crippen LogP contribution is 2.38. The molecule has 0 spiro atoms. The molecular formula is C13H17Cl2F3N2O. The van der Waals surface area contributed by atoms with E-state index in [1.807, 2.05) is 0 Å². The van der Waals surface area contributed by atoms with Gasteiger partial charge in [-0.15, -0.1) is 12.4 Å². The molecule has 0 radical (unpaired) electrons. The molecule has 120 valence electrons. The fourth-order valence-electron chi connectivity index (χ4n) is 2.44. The summed E-state index contributed by atoms with van der Waals surface area (Å²) in [5.41, 5.74) is -0.182. The summed E-state index contributed by atoms with van der Waals surface area (Å²) in [5.74, 6) is -4.19. The number of rotatable bonds is 4. The van der Waals surface area contributed by atoms with Crippen molar-refractivity contribution in [1.82, 2.24) is 10.2 Å². The topological polar surface area (TPSA) is 35.5 Å². The van der Waals surface area contributed by atoms with E-state index in [0.717, 1.165) is 6.07 Å². The van der Waals surface area contributed by atoms with Crippen molar-refractivity contribution < 1.29 is 18.3 Å². The Labute approximate surface area is 132 Å².